The molecule has 0 saturated carbocycles. The molecule has 3 heterocycles. The van der Waals surface area contributed by atoms with E-state index in [4.69, 9.17) is 14.5 Å². The molecule has 1 N–H and O–H groups in total. The van der Waals surface area contributed by atoms with Crippen molar-refractivity contribution in [2.75, 3.05) is 13.2 Å². The number of rotatable bonds is 10. The van der Waals surface area contributed by atoms with Crippen LogP contribution < -0.4 is 25.2 Å². The molecule has 49 heavy (non-hydrogen) atoms. The van der Waals surface area contributed by atoms with Crippen molar-refractivity contribution in [3.8, 4) is 5.75 Å². The van der Waals surface area contributed by atoms with Gasteiger partial charge in [-0.25, -0.2) is 14.8 Å². The molecule has 1 atom stereocenters. The fourth-order valence-corrected chi connectivity index (χ4v) is 7.30. The molecule has 6 rings (SSSR count). The van der Waals surface area contributed by atoms with Crippen molar-refractivity contribution in [3.63, 3.8) is 0 Å². The van der Waals surface area contributed by atoms with Gasteiger partial charge >= 0.3 is 5.97 Å². The summed E-state index contributed by atoms with van der Waals surface area (Å²) >= 11 is 2.07. The summed E-state index contributed by atoms with van der Waals surface area (Å²) < 4.78 is 12.9. The molecule has 1 aliphatic heterocycles. The minimum Gasteiger partial charge on any atom is -0.494 e. The molecule has 0 spiro atoms. The second-order valence-electron chi connectivity index (χ2n) is 10.7. The fraction of sp³-hybridized carbons (Fsp3) is 0.171. The first-order valence-electron chi connectivity index (χ1n) is 15.2. The van der Waals surface area contributed by atoms with E-state index in [2.05, 4.69) is 9.97 Å². The van der Waals surface area contributed by atoms with Crippen LogP contribution in [0.5, 0.6) is 5.75 Å². The van der Waals surface area contributed by atoms with Crippen molar-refractivity contribution in [2.45, 2.75) is 36.9 Å². The summed E-state index contributed by atoms with van der Waals surface area (Å²) in [6.45, 7) is 5.84. The second kappa shape index (κ2) is 14.3. The van der Waals surface area contributed by atoms with Crippen LogP contribution in [-0.4, -0.2) is 38.6 Å². The smallest absolute Gasteiger partial charge is 0.338 e. The zero-order chi connectivity index (χ0) is 34.7. The van der Waals surface area contributed by atoms with Gasteiger partial charge in [-0.15, -0.1) is 0 Å². The number of esters is 1. The van der Waals surface area contributed by atoms with Crippen LogP contribution in [0.4, 0.5) is 5.69 Å². The van der Waals surface area contributed by atoms with Gasteiger partial charge in [0, 0.05) is 23.4 Å². The van der Waals surface area contributed by atoms with Gasteiger partial charge in [0.1, 0.15) is 5.75 Å². The molecule has 0 fully saturated rings. The van der Waals surface area contributed by atoms with Crippen molar-refractivity contribution in [1.82, 2.24) is 14.5 Å². The predicted octanol–water partition coefficient (Wildman–Crippen LogP) is 4.79. The number of fused-ring (bicyclic) bond motifs is 1. The minimum absolute atomic E-state index is 0.119. The van der Waals surface area contributed by atoms with Crippen LogP contribution in [0, 0.1) is 17.0 Å². The average molecular weight is 696 g/mol. The Hall–Kier alpha value is -5.60. The Morgan fingerprint density at radius 2 is 1.82 bits per heavy atom. The molecule has 0 amide bonds. The maximum Gasteiger partial charge on any atom is 0.338 e. The number of aryl methyl sites for hydroxylation is 1. The highest BCUT2D eigenvalue weighted by Crippen LogP contribution is 2.36. The molecule has 0 bridgehead atoms. The van der Waals surface area contributed by atoms with Gasteiger partial charge in [0.15, 0.2) is 9.96 Å². The number of benzene rings is 3. The Labute approximate surface area is 287 Å². The van der Waals surface area contributed by atoms with Gasteiger partial charge in [-0.05, 0) is 67.9 Å². The van der Waals surface area contributed by atoms with Crippen LogP contribution in [0.15, 0.2) is 109 Å². The Bertz CT molecular complexity index is 2350. The van der Waals surface area contributed by atoms with Crippen molar-refractivity contribution >= 4 is 46.5 Å². The van der Waals surface area contributed by atoms with E-state index in [0.717, 1.165) is 23.1 Å². The van der Waals surface area contributed by atoms with Crippen molar-refractivity contribution in [2.24, 2.45) is 4.99 Å². The lowest BCUT2D eigenvalue weighted by Crippen LogP contribution is -2.40. The zero-order valence-electron chi connectivity index (χ0n) is 26.5. The zero-order valence-corrected chi connectivity index (χ0v) is 28.2. The molecule has 0 radical (unpaired) electrons. The van der Waals surface area contributed by atoms with Gasteiger partial charge in [-0.3, -0.25) is 24.3 Å². The van der Waals surface area contributed by atoms with E-state index in [1.54, 1.807) is 56.3 Å². The number of nitrogens with zero attached hydrogens (tertiary/aromatic N) is 4. The molecule has 2 aromatic heterocycles. The van der Waals surface area contributed by atoms with E-state index in [1.165, 1.54) is 16.7 Å². The highest BCUT2D eigenvalue weighted by atomic mass is 32.2. The van der Waals surface area contributed by atoms with Gasteiger partial charge in [-0.2, -0.15) is 0 Å². The molecule has 248 valence electrons. The van der Waals surface area contributed by atoms with Gasteiger partial charge in [0.2, 0.25) is 0 Å². The van der Waals surface area contributed by atoms with E-state index in [0.29, 0.717) is 45.2 Å². The summed E-state index contributed by atoms with van der Waals surface area (Å²) in [5.74, 6) is 0.0303. The Kier molecular flexibility index (Phi) is 9.69. The minimum atomic E-state index is -0.888. The standard InChI is InChI=1S/C35H29N5O7S2/c1-4-46-24-14-12-23(13-15-24)31-29(33(43)47-5-2)30(22-9-7-6-8-10-22)38-35-39(31)32(42)27(49-35)19-21-11-16-26(25(18-21)40(44)45)48-34-36-20(3)17-28(41)37-34/h6-19,31H,4-5H2,1-3H3,(H,36,37,41)/b27-19-/t31-/m0/s1. The van der Waals surface area contributed by atoms with Crippen molar-refractivity contribution in [1.29, 1.82) is 0 Å². The normalized spacial score (nSPS) is 14.3. The van der Waals surface area contributed by atoms with Crippen LogP contribution in [-0.2, 0) is 9.53 Å². The summed E-state index contributed by atoms with van der Waals surface area (Å²) in [7, 11) is 0. The topological polar surface area (TPSA) is 159 Å². The number of nitro groups is 1. The molecule has 12 nitrogen and oxygen atoms in total. The maximum atomic E-state index is 14.2. The first-order chi connectivity index (χ1) is 23.7. The van der Waals surface area contributed by atoms with Gasteiger partial charge < -0.3 is 14.5 Å². The van der Waals surface area contributed by atoms with E-state index in [9.17, 15) is 24.5 Å². The third-order valence-corrected chi connectivity index (χ3v) is 9.35. The number of hydrogen-bond donors (Lipinski definition) is 1. The fourth-order valence-electron chi connectivity index (χ4n) is 5.38. The number of carbonyl (C=O) groups excluding carboxylic acids is 1. The average Bonchev–Trinajstić information content (AvgIpc) is 3.39. The van der Waals surface area contributed by atoms with Gasteiger partial charge in [0.25, 0.3) is 16.8 Å². The maximum absolute atomic E-state index is 14.2. The summed E-state index contributed by atoms with van der Waals surface area (Å²) in [6.07, 6.45) is 1.56. The number of aromatic amines is 1. The summed E-state index contributed by atoms with van der Waals surface area (Å²) in [5.41, 5.74) is 1.76. The molecule has 1 aliphatic rings. The van der Waals surface area contributed by atoms with Crippen LogP contribution in [0.3, 0.4) is 0 Å². The Morgan fingerprint density at radius 1 is 1.06 bits per heavy atom. The third kappa shape index (κ3) is 7.00. The number of H-pyrrole nitrogens is 1. The van der Waals surface area contributed by atoms with Crippen LogP contribution in [0.2, 0.25) is 0 Å². The van der Waals surface area contributed by atoms with Gasteiger partial charge in [0.05, 0.1) is 44.9 Å². The number of nitrogens with one attached hydrogen (secondary N) is 1. The van der Waals surface area contributed by atoms with Gasteiger partial charge in [-0.1, -0.05) is 59.9 Å². The Morgan fingerprint density at radius 3 is 2.49 bits per heavy atom. The van der Waals surface area contributed by atoms with Crippen LogP contribution in [0.1, 0.15) is 42.3 Å². The lowest BCUT2D eigenvalue weighted by molar-refractivity contribution is -0.387. The quantitative estimate of drug-likeness (QED) is 0.0939. The summed E-state index contributed by atoms with van der Waals surface area (Å²) in [6, 6.07) is 21.3. The number of hydrogen-bond acceptors (Lipinski definition) is 11. The predicted molar refractivity (Wildman–Crippen MR) is 185 cm³/mol. The van der Waals surface area contributed by atoms with Crippen LogP contribution in [0.25, 0.3) is 11.8 Å². The molecular formula is C35H29N5O7S2. The molecule has 0 unspecified atom stereocenters. The third-order valence-electron chi connectivity index (χ3n) is 7.41. The lowest BCUT2D eigenvalue weighted by atomic mass is 9.93. The number of nitro benzene ring substituents is 1. The highest BCUT2D eigenvalue weighted by Gasteiger charge is 2.35. The summed E-state index contributed by atoms with van der Waals surface area (Å²) in [4.78, 5) is 63.7. The number of aromatic nitrogens is 3. The summed E-state index contributed by atoms with van der Waals surface area (Å²) in [5, 5.41) is 12.3. The van der Waals surface area contributed by atoms with Crippen molar-refractivity contribution in [3.05, 3.63) is 147 Å². The monoisotopic (exact) mass is 695 g/mol. The Balaban J connectivity index is 1.52. The highest BCUT2D eigenvalue weighted by molar-refractivity contribution is 7.99. The molecule has 5 aromatic rings. The molecular weight excluding hydrogens is 667 g/mol. The number of carbonyl (C=O) groups is 1. The van der Waals surface area contributed by atoms with E-state index < -0.39 is 22.5 Å². The SMILES string of the molecule is CCOC(=O)C1=C(c2ccccc2)N=c2s/c(=C\c3ccc(Sc4nc(C)cc(=O)[nH]4)c([N+](=O)[O-])c3)c(=O)n2[C@H]1c1ccc(OCC)cc1. The molecule has 0 saturated heterocycles. The lowest BCUT2D eigenvalue weighted by Gasteiger charge is -2.26. The molecule has 14 heteroatoms. The first-order valence-corrected chi connectivity index (χ1v) is 16.9. The van der Waals surface area contributed by atoms with Crippen LogP contribution >= 0.6 is 23.1 Å². The number of thiazole rings is 1. The largest absolute Gasteiger partial charge is 0.494 e. The second-order valence-corrected chi connectivity index (χ2v) is 12.8. The van der Waals surface area contributed by atoms with E-state index in [-0.39, 0.29) is 38.0 Å². The van der Waals surface area contributed by atoms with E-state index in [1.807, 2.05) is 37.3 Å². The van der Waals surface area contributed by atoms with Crippen molar-refractivity contribution < 1.29 is 19.2 Å². The first kappa shape index (κ1) is 33.3. The van der Waals surface area contributed by atoms with E-state index >= 15 is 0 Å². The molecule has 3 aromatic carbocycles. The molecule has 0 aliphatic carbocycles. The number of ether oxygens (including phenoxy) is 2.